The molecule has 0 heterocycles. The van der Waals surface area contributed by atoms with E-state index in [0.29, 0.717) is 10.6 Å². The Balaban J connectivity index is 2.12. The highest BCUT2D eigenvalue weighted by molar-refractivity contribution is 6.30. The summed E-state index contributed by atoms with van der Waals surface area (Å²) in [6, 6.07) is 9.76. The van der Waals surface area contributed by atoms with E-state index in [0.717, 1.165) is 6.07 Å². The Kier molecular flexibility index (Phi) is 5.38. The number of carbonyl (C=O) groups excluding carboxylic acids is 1. The maximum absolute atomic E-state index is 12.2. The molecule has 126 valence electrons. The minimum atomic E-state index is -0.949. The number of nitrogens with one attached hydrogen (secondary N) is 1. The van der Waals surface area contributed by atoms with E-state index in [1.54, 1.807) is 31.2 Å². The molecule has 1 amide bonds. The summed E-state index contributed by atoms with van der Waals surface area (Å²) in [4.78, 5) is 22.5. The predicted molar refractivity (Wildman–Crippen MR) is 90.8 cm³/mol. The van der Waals surface area contributed by atoms with E-state index in [1.165, 1.54) is 12.1 Å². The third kappa shape index (κ3) is 4.01. The van der Waals surface area contributed by atoms with Crippen LogP contribution < -0.4 is 11.1 Å². The zero-order valence-electron chi connectivity index (χ0n) is 12.8. The molecular weight excluding hydrogens is 334 g/mol. The third-order valence-corrected chi connectivity index (χ3v) is 3.79. The van der Waals surface area contributed by atoms with Gasteiger partial charge in [0.05, 0.1) is 17.1 Å². The van der Waals surface area contributed by atoms with Crippen molar-refractivity contribution in [2.75, 3.05) is 5.73 Å². The number of nitrogens with zero attached hydrogens (tertiary/aromatic N) is 1. The topological polar surface area (TPSA) is 118 Å². The Bertz CT molecular complexity index is 764. The molecule has 4 N–H and O–H groups in total. The molecule has 0 spiro atoms. The highest BCUT2D eigenvalue weighted by Crippen LogP contribution is 2.23. The summed E-state index contributed by atoms with van der Waals surface area (Å²) in [6.07, 6.45) is -0.949. The summed E-state index contributed by atoms with van der Waals surface area (Å²) in [5.74, 6) is -0.543. The molecule has 8 heteroatoms. The van der Waals surface area contributed by atoms with E-state index < -0.39 is 23.0 Å². The molecule has 0 aromatic heterocycles. The molecule has 2 aromatic rings. The number of anilines is 1. The van der Waals surface area contributed by atoms with Gasteiger partial charge in [-0.2, -0.15) is 0 Å². The first kappa shape index (κ1) is 17.7. The lowest BCUT2D eigenvalue weighted by Gasteiger charge is -2.20. The van der Waals surface area contributed by atoms with Crippen molar-refractivity contribution >= 4 is 28.9 Å². The normalized spacial score (nSPS) is 13.1. The summed E-state index contributed by atoms with van der Waals surface area (Å²) in [6.45, 7) is 1.63. The van der Waals surface area contributed by atoms with Crippen LogP contribution in [0.5, 0.6) is 0 Å². The van der Waals surface area contributed by atoms with Crippen LogP contribution in [-0.4, -0.2) is 22.0 Å². The summed E-state index contributed by atoms with van der Waals surface area (Å²) >= 11 is 5.80. The summed E-state index contributed by atoms with van der Waals surface area (Å²) < 4.78 is 0. The smallest absolute Gasteiger partial charge is 0.292 e. The second-order valence-electron chi connectivity index (χ2n) is 5.29. The minimum Gasteiger partial charge on any atom is -0.393 e. The number of hydrogen-bond donors (Lipinski definition) is 3. The van der Waals surface area contributed by atoms with Crippen molar-refractivity contribution in [1.82, 2.24) is 5.32 Å². The van der Waals surface area contributed by atoms with Gasteiger partial charge in [-0.15, -0.1) is 0 Å². The quantitative estimate of drug-likeness (QED) is 0.435. The predicted octanol–water partition coefficient (Wildman–Crippen LogP) is 2.68. The molecule has 0 radical (unpaired) electrons. The van der Waals surface area contributed by atoms with Gasteiger partial charge in [0.1, 0.15) is 5.69 Å². The van der Waals surface area contributed by atoms with Gasteiger partial charge in [-0.3, -0.25) is 14.9 Å². The van der Waals surface area contributed by atoms with Gasteiger partial charge in [0.15, 0.2) is 0 Å². The molecule has 2 unspecified atom stereocenters. The standard InChI is InChI=1S/C16H16ClN3O4/c1-9(15(21)10-2-5-12(17)6-3-10)19-16(22)11-4-7-13(18)14(8-11)20(23)24/h2-9,15,21H,18H2,1H3,(H,19,22). The lowest BCUT2D eigenvalue weighted by molar-refractivity contribution is -0.383. The van der Waals surface area contributed by atoms with Crippen LogP contribution in [0.4, 0.5) is 11.4 Å². The van der Waals surface area contributed by atoms with Crippen LogP contribution in [0.15, 0.2) is 42.5 Å². The highest BCUT2D eigenvalue weighted by Gasteiger charge is 2.21. The molecule has 0 fully saturated rings. The lowest BCUT2D eigenvalue weighted by atomic mass is 10.0. The SMILES string of the molecule is CC(NC(=O)c1ccc(N)c([N+](=O)[O-])c1)C(O)c1ccc(Cl)cc1. The number of amides is 1. The van der Waals surface area contributed by atoms with Crippen LogP contribution >= 0.6 is 11.6 Å². The van der Waals surface area contributed by atoms with Crippen molar-refractivity contribution in [3.63, 3.8) is 0 Å². The van der Waals surface area contributed by atoms with Gasteiger partial charge < -0.3 is 16.2 Å². The van der Waals surface area contributed by atoms with Crippen LogP contribution in [0.3, 0.4) is 0 Å². The van der Waals surface area contributed by atoms with Crippen LogP contribution in [0.25, 0.3) is 0 Å². The Morgan fingerprint density at radius 2 is 1.92 bits per heavy atom. The number of nitro benzene ring substituents is 1. The van der Waals surface area contributed by atoms with Gasteiger partial charge in [0.25, 0.3) is 11.6 Å². The van der Waals surface area contributed by atoms with E-state index in [1.807, 2.05) is 0 Å². The number of carbonyl (C=O) groups is 1. The molecular formula is C16H16ClN3O4. The maximum Gasteiger partial charge on any atom is 0.292 e. The van der Waals surface area contributed by atoms with E-state index in [-0.39, 0.29) is 16.9 Å². The van der Waals surface area contributed by atoms with Gasteiger partial charge in [-0.05, 0) is 36.8 Å². The Morgan fingerprint density at radius 3 is 2.50 bits per heavy atom. The van der Waals surface area contributed by atoms with Crippen molar-refractivity contribution in [3.05, 3.63) is 68.7 Å². The largest absolute Gasteiger partial charge is 0.393 e. The van der Waals surface area contributed by atoms with Crippen LogP contribution in [-0.2, 0) is 0 Å². The molecule has 0 aliphatic rings. The number of nitrogen functional groups attached to an aromatic ring is 1. The third-order valence-electron chi connectivity index (χ3n) is 3.53. The summed E-state index contributed by atoms with van der Waals surface area (Å²) in [5, 5.41) is 24.3. The molecule has 24 heavy (non-hydrogen) atoms. The van der Waals surface area contributed by atoms with Gasteiger partial charge in [-0.25, -0.2) is 0 Å². The average Bonchev–Trinajstić information content (AvgIpc) is 2.54. The van der Waals surface area contributed by atoms with E-state index in [2.05, 4.69) is 5.32 Å². The summed E-state index contributed by atoms with van der Waals surface area (Å²) in [5.41, 5.74) is 5.82. The van der Waals surface area contributed by atoms with Gasteiger partial charge in [0, 0.05) is 16.7 Å². The monoisotopic (exact) mass is 349 g/mol. The molecule has 0 saturated carbocycles. The first-order valence-electron chi connectivity index (χ1n) is 7.08. The average molecular weight is 350 g/mol. The molecule has 2 rings (SSSR count). The number of hydrogen-bond acceptors (Lipinski definition) is 5. The zero-order valence-corrected chi connectivity index (χ0v) is 13.5. The Morgan fingerprint density at radius 1 is 1.29 bits per heavy atom. The Labute approximate surface area is 143 Å². The van der Waals surface area contributed by atoms with Crippen LogP contribution in [0, 0.1) is 10.1 Å². The van der Waals surface area contributed by atoms with Gasteiger partial charge in [0.2, 0.25) is 0 Å². The van der Waals surface area contributed by atoms with Gasteiger partial charge in [-0.1, -0.05) is 23.7 Å². The van der Waals surface area contributed by atoms with E-state index in [9.17, 15) is 20.0 Å². The van der Waals surface area contributed by atoms with Crippen molar-refractivity contribution in [3.8, 4) is 0 Å². The van der Waals surface area contributed by atoms with Crippen molar-refractivity contribution < 1.29 is 14.8 Å². The molecule has 0 bridgehead atoms. The lowest BCUT2D eigenvalue weighted by Crippen LogP contribution is -2.37. The second-order valence-corrected chi connectivity index (χ2v) is 5.73. The van der Waals surface area contributed by atoms with Crippen molar-refractivity contribution in [2.24, 2.45) is 0 Å². The fraction of sp³-hybridized carbons (Fsp3) is 0.188. The molecule has 2 atom stereocenters. The zero-order chi connectivity index (χ0) is 17.9. The molecule has 0 aliphatic carbocycles. The fourth-order valence-corrected chi connectivity index (χ4v) is 2.29. The first-order valence-corrected chi connectivity index (χ1v) is 7.45. The number of rotatable bonds is 5. The Hall–Kier alpha value is -2.64. The number of nitro groups is 1. The number of benzene rings is 2. The van der Waals surface area contributed by atoms with Gasteiger partial charge >= 0.3 is 0 Å². The fourth-order valence-electron chi connectivity index (χ4n) is 2.16. The van der Waals surface area contributed by atoms with Crippen molar-refractivity contribution in [2.45, 2.75) is 19.1 Å². The molecule has 2 aromatic carbocycles. The molecule has 0 aliphatic heterocycles. The van der Waals surface area contributed by atoms with E-state index >= 15 is 0 Å². The van der Waals surface area contributed by atoms with Crippen LogP contribution in [0.2, 0.25) is 5.02 Å². The van der Waals surface area contributed by atoms with E-state index in [4.69, 9.17) is 17.3 Å². The van der Waals surface area contributed by atoms with Crippen LogP contribution in [0.1, 0.15) is 28.9 Å². The molecule has 0 saturated heterocycles. The van der Waals surface area contributed by atoms with Crippen molar-refractivity contribution in [1.29, 1.82) is 0 Å². The number of halogens is 1. The molecule has 7 nitrogen and oxygen atoms in total. The number of aliphatic hydroxyl groups is 1. The number of nitrogens with two attached hydrogens (primary N) is 1. The highest BCUT2D eigenvalue weighted by atomic mass is 35.5. The summed E-state index contributed by atoms with van der Waals surface area (Å²) in [7, 11) is 0. The first-order chi connectivity index (χ1) is 11.3. The minimum absolute atomic E-state index is 0.0224. The number of aliphatic hydroxyl groups excluding tert-OH is 1. The maximum atomic E-state index is 12.2. The second kappa shape index (κ2) is 7.29.